The van der Waals surface area contributed by atoms with Gasteiger partial charge in [0.2, 0.25) is 0 Å². The van der Waals surface area contributed by atoms with Gasteiger partial charge in [-0.15, -0.1) is 0 Å². The molecular weight excluding hydrogens is 158 g/mol. The third-order valence-electron chi connectivity index (χ3n) is 0.583. The third-order valence-corrected chi connectivity index (χ3v) is 0.583. The third kappa shape index (κ3) is 11.6. The molecule has 0 atom stereocenters. The number of hydrogen-bond acceptors (Lipinski definition) is 4. The van der Waals surface area contributed by atoms with Crippen molar-refractivity contribution in [1.82, 2.24) is 10.2 Å². The van der Waals surface area contributed by atoms with E-state index in [1.807, 2.05) is 0 Å². The zero-order valence-corrected chi connectivity index (χ0v) is 7.11. The number of hydrogen-bond donors (Lipinski definition) is 3. The summed E-state index contributed by atoms with van der Waals surface area (Å²) in [5, 5.41) is 14.0. The molecule has 5 nitrogen and oxygen atoms in total. The van der Waals surface area contributed by atoms with Crippen molar-refractivity contribution in [3.05, 3.63) is 28.7 Å². The molecule has 0 bridgehead atoms. The Morgan fingerprint density at radius 1 is 1.67 bits per heavy atom. The zero-order valence-electron chi connectivity index (χ0n) is 7.11. The van der Waals surface area contributed by atoms with Crippen molar-refractivity contribution in [1.29, 1.82) is 0 Å². The monoisotopic (exact) mass is 171 g/mol. The molecule has 0 amide bonds. The Morgan fingerprint density at radius 2 is 2.17 bits per heavy atom. The zero-order chi connectivity index (χ0) is 9.61. The Labute approximate surface area is 70.2 Å². The molecule has 68 valence electrons. The Kier molecular flexibility index (Phi) is 4.17. The smallest absolute Gasteiger partial charge is 0.264 e. The second-order valence-corrected chi connectivity index (χ2v) is 2.77. The predicted octanol–water partition coefficient (Wildman–Crippen LogP) is -0.557. The van der Waals surface area contributed by atoms with Gasteiger partial charge < -0.3 is 10.8 Å². The van der Waals surface area contributed by atoms with E-state index in [1.54, 1.807) is 6.07 Å². The van der Waals surface area contributed by atoms with E-state index in [1.165, 1.54) is 26.1 Å². The van der Waals surface area contributed by atoms with Gasteiger partial charge in [-0.05, 0) is 19.9 Å². The van der Waals surface area contributed by atoms with Crippen LogP contribution in [-0.2, 0) is 0 Å². The number of nitrogens with zero attached hydrogens (tertiary/aromatic N) is 1. The van der Waals surface area contributed by atoms with Crippen LogP contribution in [0.3, 0.4) is 0 Å². The van der Waals surface area contributed by atoms with Gasteiger partial charge in [-0.3, -0.25) is 4.79 Å². The average molecular weight is 171 g/mol. The molecule has 4 N–H and O–H groups in total. The van der Waals surface area contributed by atoms with Crippen LogP contribution in [0, 0.1) is 0 Å². The highest BCUT2D eigenvalue weighted by atomic mass is 16.3. The first-order valence-corrected chi connectivity index (χ1v) is 3.40. The summed E-state index contributed by atoms with van der Waals surface area (Å²) in [6, 6.07) is 2.99. The Bertz CT molecular complexity index is 240. The van der Waals surface area contributed by atoms with Gasteiger partial charge in [-0.2, -0.15) is 5.10 Å². The highest BCUT2D eigenvalue weighted by Crippen LogP contribution is 1.82. The molecule has 1 rings (SSSR count). The summed E-state index contributed by atoms with van der Waals surface area (Å²) in [4.78, 5) is 10.2. The largest absolute Gasteiger partial charge is 0.377 e. The number of aromatic amines is 1. The maximum atomic E-state index is 10.2. The minimum Gasteiger partial charge on any atom is -0.377 e. The molecule has 0 saturated heterocycles. The first-order valence-electron chi connectivity index (χ1n) is 3.40. The van der Waals surface area contributed by atoms with Gasteiger partial charge in [0.25, 0.3) is 5.56 Å². The fraction of sp³-hybridized carbons (Fsp3) is 0.429. The van der Waals surface area contributed by atoms with E-state index in [0.717, 1.165) is 0 Å². The summed E-state index contributed by atoms with van der Waals surface area (Å²) < 4.78 is 0. The summed E-state index contributed by atoms with van der Waals surface area (Å²) in [5.41, 5.74) is 3.75. The maximum absolute atomic E-state index is 10.2. The summed E-state index contributed by atoms with van der Waals surface area (Å²) in [6.07, 6.45) is 1.52. The predicted molar refractivity (Wildman–Crippen MR) is 45.3 cm³/mol. The first kappa shape index (κ1) is 10.8. The highest BCUT2D eigenvalue weighted by Gasteiger charge is 1.98. The topological polar surface area (TPSA) is 92.0 Å². The van der Waals surface area contributed by atoms with E-state index in [0.29, 0.717) is 0 Å². The normalized spacial score (nSPS) is 10.0. The van der Waals surface area contributed by atoms with Crippen molar-refractivity contribution in [2.24, 2.45) is 5.73 Å². The number of H-pyrrole nitrogens is 1. The fourth-order valence-corrected chi connectivity index (χ4v) is 0.312. The lowest BCUT2D eigenvalue weighted by molar-refractivity contribution is 0.0881. The van der Waals surface area contributed by atoms with Crippen LogP contribution in [0.25, 0.3) is 0 Å². The van der Waals surface area contributed by atoms with Gasteiger partial charge >= 0.3 is 0 Å². The minimum atomic E-state index is -1.00. The van der Waals surface area contributed by atoms with Crippen LogP contribution in [0.5, 0.6) is 0 Å². The number of nitrogens with two attached hydrogens (primary N) is 1. The van der Waals surface area contributed by atoms with Gasteiger partial charge in [0.1, 0.15) is 5.72 Å². The van der Waals surface area contributed by atoms with Crippen LogP contribution in [0.15, 0.2) is 23.1 Å². The molecular formula is C7H13N3O2. The lowest BCUT2D eigenvalue weighted by Crippen LogP contribution is -2.30. The molecule has 1 heterocycles. The molecule has 5 heteroatoms. The number of aliphatic hydroxyl groups is 1. The van der Waals surface area contributed by atoms with E-state index >= 15 is 0 Å². The maximum Gasteiger partial charge on any atom is 0.264 e. The Hall–Kier alpha value is -1.20. The number of rotatable bonds is 0. The first-order chi connectivity index (χ1) is 5.39. The molecule has 0 unspecified atom stereocenters. The quantitative estimate of drug-likeness (QED) is 0.456. The summed E-state index contributed by atoms with van der Waals surface area (Å²) in [6.45, 7) is 3.04. The lowest BCUT2D eigenvalue weighted by Gasteiger charge is -2.05. The summed E-state index contributed by atoms with van der Waals surface area (Å²) in [5.74, 6) is 0. The van der Waals surface area contributed by atoms with Crippen LogP contribution in [0.1, 0.15) is 13.8 Å². The molecule has 12 heavy (non-hydrogen) atoms. The molecule has 0 aliphatic rings. The van der Waals surface area contributed by atoms with Crippen molar-refractivity contribution < 1.29 is 5.11 Å². The van der Waals surface area contributed by atoms with E-state index in [4.69, 9.17) is 10.8 Å². The molecule has 0 saturated carbocycles. The highest BCUT2D eigenvalue weighted by molar-refractivity contribution is 4.81. The van der Waals surface area contributed by atoms with E-state index in [9.17, 15) is 4.79 Å². The molecule has 0 aliphatic carbocycles. The second kappa shape index (κ2) is 4.63. The van der Waals surface area contributed by atoms with Crippen LogP contribution in [-0.4, -0.2) is 21.0 Å². The van der Waals surface area contributed by atoms with Crippen molar-refractivity contribution in [3.8, 4) is 0 Å². The standard InChI is InChI=1S/C4H4N2O.C3H9NO/c7-4-2-1-3-5-6-4;1-3(2,4)5/h1-3H,(H,6,7);5H,4H2,1-2H3. The molecule has 1 aromatic rings. The molecule has 0 aromatic carbocycles. The molecule has 0 spiro atoms. The molecule has 0 fully saturated rings. The van der Waals surface area contributed by atoms with E-state index in [-0.39, 0.29) is 5.56 Å². The van der Waals surface area contributed by atoms with Crippen LogP contribution in [0.4, 0.5) is 0 Å². The second-order valence-electron chi connectivity index (χ2n) is 2.77. The van der Waals surface area contributed by atoms with Crippen molar-refractivity contribution in [2.45, 2.75) is 19.6 Å². The Morgan fingerprint density at radius 3 is 2.33 bits per heavy atom. The fourth-order valence-electron chi connectivity index (χ4n) is 0.312. The van der Waals surface area contributed by atoms with Crippen molar-refractivity contribution in [3.63, 3.8) is 0 Å². The van der Waals surface area contributed by atoms with Gasteiger partial charge in [0, 0.05) is 12.3 Å². The lowest BCUT2D eigenvalue weighted by atomic mass is 10.4. The van der Waals surface area contributed by atoms with Crippen molar-refractivity contribution in [2.75, 3.05) is 0 Å². The van der Waals surface area contributed by atoms with Crippen LogP contribution >= 0.6 is 0 Å². The van der Waals surface area contributed by atoms with Gasteiger partial charge in [-0.1, -0.05) is 0 Å². The number of aromatic nitrogens is 2. The SMILES string of the molecule is CC(C)(N)O.O=c1cccn[nH]1. The average Bonchev–Trinajstić information content (AvgIpc) is 1.85. The van der Waals surface area contributed by atoms with Gasteiger partial charge in [0.15, 0.2) is 0 Å². The van der Waals surface area contributed by atoms with Gasteiger partial charge in [0.05, 0.1) is 0 Å². The molecule has 0 aliphatic heterocycles. The Balaban J connectivity index is 0.000000217. The van der Waals surface area contributed by atoms with E-state index < -0.39 is 5.72 Å². The van der Waals surface area contributed by atoms with Crippen LogP contribution in [0.2, 0.25) is 0 Å². The number of nitrogens with one attached hydrogen (secondary N) is 1. The van der Waals surface area contributed by atoms with Crippen LogP contribution < -0.4 is 11.3 Å². The molecule has 0 radical (unpaired) electrons. The minimum absolute atomic E-state index is 0.164. The summed E-state index contributed by atoms with van der Waals surface area (Å²) in [7, 11) is 0. The molecule has 1 aromatic heterocycles. The van der Waals surface area contributed by atoms with E-state index in [2.05, 4.69) is 10.2 Å². The van der Waals surface area contributed by atoms with Gasteiger partial charge in [-0.25, -0.2) is 5.10 Å². The summed E-state index contributed by atoms with van der Waals surface area (Å²) >= 11 is 0. The van der Waals surface area contributed by atoms with Crippen molar-refractivity contribution >= 4 is 0 Å².